The van der Waals surface area contributed by atoms with E-state index in [2.05, 4.69) is 4.98 Å². The zero-order valence-corrected chi connectivity index (χ0v) is 11.2. The molecule has 19 heavy (non-hydrogen) atoms. The maximum atomic E-state index is 5.92. The minimum atomic E-state index is 0.294. The quantitative estimate of drug-likeness (QED) is 0.923. The molecule has 0 bridgehead atoms. The summed E-state index contributed by atoms with van der Waals surface area (Å²) in [5.41, 5.74) is 8.39. The van der Waals surface area contributed by atoms with Crippen molar-refractivity contribution in [2.45, 2.75) is 25.4 Å². The van der Waals surface area contributed by atoms with E-state index in [1.165, 1.54) is 6.42 Å². The molecule has 0 spiro atoms. The first-order valence-corrected chi connectivity index (χ1v) is 6.78. The standard InChI is InChI=1S/C15H15ClN2O/c16-11-6-4-10(5-7-11)14-8-12(17)9-18-15(14)19-13-2-1-3-13/h4-9,13H,1-3,17H2. The lowest BCUT2D eigenvalue weighted by Crippen LogP contribution is -2.25. The van der Waals surface area contributed by atoms with Crippen molar-refractivity contribution >= 4 is 17.3 Å². The van der Waals surface area contributed by atoms with Crippen molar-refractivity contribution in [2.75, 3.05) is 5.73 Å². The van der Waals surface area contributed by atoms with Crippen LogP contribution in [0.4, 0.5) is 5.69 Å². The molecule has 1 heterocycles. The van der Waals surface area contributed by atoms with Gasteiger partial charge in [-0.3, -0.25) is 0 Å². The van der Waals surface area contributed by atoms with Crippen molar-refractivity contribution in [3.05, 3.63) is 41.6 Å². The first-order valence-electron chi connectivity index (χ1n) is 6.40. The second kappa shape index (κ2) is 5.10. The number of nitrogens with zero attached hydrogens (tertiary/aromatic N) is 1. The van der Waals surface area contributed by atoms with Gasteiger partial charge in [-0.15, -0.1) is 0 Å². The molecule has 0 unspecified atom stereocenters. The lowest BCUT2D eigenvalue weighted by atomic mass is 9.96. The van der Waals surface area contributed by atoms with Gasteiger partial charge in [-0.05, 0) is 43.0 Å². The van der Waals surface area contributed by atoms with Crippen molar-refractivity contribution < 1.29 is 4.74 Å². The summed E-state index contributed by atoms with van der Waals surface area (Å²) in [6, 6.07) is 9.50. The number of pyridine rings is 1. The number of nitrogens with two attached hydrogens (primary N) is 1. The molecule has 2 aromatic rings. The predicted molar refractivity (Wildman–Crippen MR) is 77.4 cm³/mol. The second-order valence-electron chi connectivity index (χ2n) is 4.80. The molecule has 4 heteroatoms. The van der Waals surface area contributed by atoms with Crippen LogP contribution in [0, 0.1) is 0 Å². The Balaban J connectivity index is 1.97. The Labute approximate surface area is 117 Å². The summed E-state index contributed by atoms with van der Waals surface area (Å²) in [5, 5.41) is 0.710. The zero-order valence-electron chi connectivity index (χ0n) is 10.5. The fourth-order valence-corrected chi connectivity index (χ4v) is 2.17. The Kier molecular flexibility index (Phi) is 3.30. The summed E-state index contributed by atoms with van der Waals surface area (Å²) in [4.78, 5) is 4.32. The molecule has 2 N–H and O–H groups in total. The van der Waals surface area contributed by atoms with Crippen molar-refractivity contribution in [1.82, 2.24) is 4.98 Å². The Hall–Kier alpha value is -1.74. The topological polar surface area (TPSA) is 48.1 Å². The van der Waals surface area contributed by atoms with Gasteiger partial charge in [0.15, 0.2) is 0 Å². The third-order valence-electron chi connectivity index (χ3n) is 3.36. The van der Waals surface area contributed by atoms with E-state index in [9.17, 15) is 0 Å². The molecule has 3 rings (SSSR count). The Morgan fingerprint density at radius 1 is 1.21 bits per heavy atom. The van der Waals surface area contributed by atoms with Crippen molar-refractivity contribution in [1.29, 1.82) is 0 Å². The number of nitrogen functional groups attached to an aromatic ring is 1. The Morgan fingerprint density at radius 2 is 1.95 bits per heavy atom. The van der Waals surface area contributed by atoms with E-state index in [1.807, 2.05) is 30.3 Å². The summed E-state index contributed by atoms with van der Waals surface area (Å²) in [7, 11) is 0. The van der Waals surface area contributed by atoms with Crippen LogP contribution < -0.4 is 10.5 Å². The monoisotopic (exact) mass is 274 g/mol. The molecular formula is C15H15ClN2O. The highest BCUT2D eigenvalue weighted by Gasteiger charge is 2.21. The fraction of sp³-hybridized carbons (Fsp3) is 0.267. The first-order chi connectivity index (χ1) is 9.22. The summed E-state index contributed by atoms with van der Waals surface area (Å²) < 4.78 is 5.92. The van der Waals surface area contributed by atoms with Gasteiger partial charge in [0, 0.05) is 10.6 Å². The fourth-order valence-electron chi connectivity index (χ4n) is 2.05. The van der Waals surface area contributed by atoms with E-state index in [0.717, 1.165) is 24.0 Å². The van der Waals surface area contributed by atoms with Crippen LogP contribution in [-0.4, -0.2) is 11.1 Å². The van der Waals surface area contributed by atoms with Gasteiger partial charge in [0.05, 0.1) is 11.9 Å². The average molecular weight is 275 g/mol. The largest absolute Gasteiger partial charge is 0.474 e. The van der Waals surface area contributed by atoms with Gasteiger partial charge in [-0.1, -0.05) is 23.7 Å². The molecule has 1 aliphatic carbocycles. The smallest absolute Gasteiger partial charge is 0.221 e. The van der Waals surface area contributed by atoms with Gasteiger partial charge in [-0.25, -0.2) is 4.98 Å². The number of hydrogen-bond donors (Lipinski definition) is 1. The lowest BCUT2D eigenvalue weighted by Gasteiger charge is -2.26. The van der Waals surface area contributed by atoms with Crippen LogP contribution in [0.25, 0.3) is 11.1 Å². The van der Waals surface area contributed by atoms with Crippen molar-refractivity contribution in [2.24, 2.45) is 0 Å². The summed E-state index contributed by atoms with van der Waals surface area (Å²) >= 11 is 5.91. The highest BCUT2D eigenvalue weighted by molar-refractivity contribution is 6.30. The summed E-state index contributed by atoms with van der Waals surface area (Å²) in [6.45, 7) is 0. The molecule has 1 aromatic carbocycles. The van der Waals surface area contributed by atoms with Gasteiger partial charge >= 0.3 is 0 Å². The summed E-state index contributed by atoms with van der Waals surface area (Å²) in [5.74, 6) is 0.654. The lowest BCUT2D eigenvalue weighted by molar-refractivity contribution is 0.115. The van der Waals surface area contributed by atoms with Crippen LogP contribution in [0.1, 0.15) is 19.3 Å². The molecular weight excluding hydrogens is 260 g/mol. The predicted octanol–water partition coefficient (Wildman–Crippen LogP) is 3.92. The van der Waals surface area contributed by atoms with Gasteiger partial charge < -0.3 is 10.5 Å². The van der Waals surface area contributed by atoms with Crippen LogP contribution >= 0.6 is 11.6 Å². The number of ether oxygens (including phenoxy) is 1. The van der Waals surface area contributed by atoms with E-state index in [0.29, 0.717) is 22.7 Å². The number of aromatic nitrogens is 1. The van der Waals surface area contributed by atoms with Crippen LogP contribution in [-0.2, 0) is 0 Å². The molecule has 1 fully saturated rings. The van der Waals surface area contributed by atoms with Crippen LogP contribution in [0.3, 0.4) is 0 Å². The first kappa shape index (κ1) is 12.3. The molecule has 1 saturated carbocycles. The van der Waals surface area contributed by atoms with Gasteiger partial charge in [0.1, 0.15) is 6.10 Å². The molecule has 1 aromatic heterocycles. The van der Waals surface area contributed by atoms with Gasteiger partial charge in [0.25, 0.3) is 0 Å². The van der Waals surface area contributed by atoms with E-state index < -0.39 is 0 Å². The molecule has 0 aliphatic heterocycles. The van der Waals surface area contributed by atoms with Gasteiger partial charge in [-0.2, -0.15) is 0 Å². The van der Waals surface area contributed by atoms with Crippen molar-refractivity contribution in [3.63, 3.8) is 0 Å². The molecule has 0 atom stereocenters. The van der Waals surface area contributed by atoms with E-state index in [4.69, 9.17) is 22.1 Å². The minimum Gasteiger partial charge on any atom is -0.474 e. The summed E-state index contributed by atoms with van der Waals surface area (Å²) in [6.07, 6.45) is 5.36. The Bertz CT molecular complexity index is 579. The number of halogens is 1. The third-order valence-corrected chi connectivity index (χ3v) is 3.61. The average Bonchev–Trinajstić information content (AvgIpc) is 2.36. The molecule has 0 amide bonds. The highest BCUT2D eigenvalue weighted by atomic mass is 35.5. The molecule has 1 aliphatic rings. The third kappa shape index (κ3) is 2.66. The molecule has 0 radical (unpaired) electrons. The zero-order chi connectivity index (χ0) is 13.2. The maximum absolute atomic E-state index is 5.92. The van der Waals surface area contributed by atoms with Crippen LogP contribution in [0.2, 0.25) is 5.02 Å². The van der Waals surface area contributed by atoms with E-state index >= 15 is 0 Å². The number of hydrogen-bond acceptors (Lipinski definition) is 3. The number of anilines is 1. The SMILES string of the molecule is Nc1cnc(OC2CCC2)c(-c2ccc(Cl)cc2)c1. The molecule has 3 nitrogen and oxygen atoms in total. The van der Waals surface area contributed by atoms with E-state index in [1.54, 1.807) is 6.20 Å². The van der Waals surface area contributed by atoms with E-state index in [-0.39, 0.29) is 0 Å². The van der Waals surface area contributed by atoms with Crippen molar-refractivity contribution in [3.8, 4) is 17.0 Å². The number of rotatable bonds is 3. The second-order valence-corrected chi connectivity index (χ2v) is 5.24. The minimum absolute atomic E-state index is 0.294. The molecule has 0 saturated heterocycles. The Morgan fingerprint density at radius 3 is 2.58 bits per heavy atom. The van der Waals surface area contributed by atoms with Crippen LogP contribution in [0.15, 0.2) is 36.5 Å². The number of benzene rings is 1. The van der Waals surface area contributed by atoms with Crippen LogP contribution in [0.5, 0.6) is 5.88 Å². The molecule has 98 valence electrons. The normalized spacial score (nSPS) is 15.0. The maximum Gasteiger partial charge on any atom is 0.221 e. The highest BCUT2D eigenvalue weighted by Crippen LogP contribution is 2.33. The van der Waals surface area contributed by atoms with Gasteiger partial charge in [0.2, 0.25) is 5.88 Å².